The molecule has 1 aromatic carbocycles. The molecule has 1 aromatic rings. The summed E-state index contributed by atoms with van der Waals surface area (Å²) < 4.78 is 50.4. The second kappa shape index (κ2) is 6.01. The number of alkyl halides is 3. The molecule has 0 bridgehead atoms. The molecule has 0 aliphatic heterocycles. The molecule has 0 radical (unpaired) electrons. The predicted molar refractivity (Wildman–Crippen MR) is 58.0 cm³/mol. The first-order chi connectivity index (χ1) is 7.73. The van der Waals surface area contributed by atoms with Crippen molar-refractivity contribution in [3.63, 3.8) is 0 Å². The van der Waals surface area contributed by atoms with Crippen molar-refractivity contribution < 1.29 is 27.5 Å². The zero-order valence-electron chi connectivity index (χ0n) is 8.87. The Bertz CT molecular complexity index is 436. The van der Waals surface area contributed by atoms with Gasteiger partial charge in [-0.2, -0.15) is 13.2 Å². The molecule has 3 N–H and O–H groups in total. The number of nitrogens with two attached hydrogens (primary N) is 1. The van der Waals surface area contributed by atoms with Crippen LogP contribution in [0, 0.1) is 5.82 Å². The molecule has 0 heterocycles. The van der Waals surface area contributed by atoms with Crippen LogP contribution in [0.3, 0.4) is 0 Å². The maximum Gasteiger partial charge on any atom is 0.419 e. The van der Waals surface area contributed by atoms with Crippen molar-refractivity contribution in [1.82, 2.24) is 0 Å². The third-order valence-corrected chi connectivity index (χ3v) is 2.14. The van der Waals surface area contributed by atoms with Crippen molar-refractivity contribution >= 4 is 18.4 Å². The second-order valence-electron chi connectivity index (χ2n) is 3.43. The summed E-state index contributed by atoms with van der Waals surface area (Å²) in [6.45, 7) is 0. The fraction of sp³-hybridized carbons (Fsp3) is 0.300. The summed E-state index contributed by atoms with van der Waals surface area (Å²) in [6, 6.07) is 1.24. The van der Waals surface area contributed by atoms with Crippen LogP contribution in [0.5, 0.6) is 0 Å². The van der Waals surface area contributed by atoms with E-state index in [4.69, 9.17) is 10.8 Å². The lowest BCUT2D eigenvalue weighted by Crippen LogP contribution is -2.32. The molecule has 1 atom stereocenters. The van der Waals surface area contributed by atoms with E-state index < -0.39 is 36.0 Å². The lowest BCUT2D eigenvalue weighted by Gasteiger charge is -2.12. The predicted octanol–water partition coefficient (Wildman–Crippen LogP) is 2.22. The zero-order valence-corrected chi connectivity index (χ0v) is 9.69. The van der Waals surface area contributed by atoms with E-state index in [1.807, 2.05) is 0 Å². The first kappa shape index (κ1) is 16.7. The summed E-state index contributed by atoms with van der Waals surface area (Å²) in [5.41, 5.74) is 3.34. The fourth-order valence-electron chi connectivity index (χ4n) is 1.28. The van der Waals surface area contributed by atoms with E-state index in [0.29, 0.717) is 6.07 Å². The third-order valence-electron chi connectivity index (χ3n) is 2.14. The van der Waals surface area contributed by atoms with Crippen molar-refractivity contribution in [2.45, 2.75) is 18.6 Å². The second-order valence-corrected chi connectivity index (χ2v) is 3.43. The molecule has 3 nitrogen and oxygen atoms in total. The maximum absolute atomic E-state index is 13.4. The van der Waals surface area contributed by atoms with Gasteiger partial charge in [-0.1, -0.05) is 12.1 Å². The van der Waals surface area contributed by atoms with Gasteiger partial charge in [0.2, 0.25) is 0 Å². The van der Waals surface area contributed by atoms with E-state index in [9.17, 15) is 22.4 Å². The smallest absolute Gasteiger partial charge is 0.419 e. The Hall–Kier alpha value is -1.34. The Morgan fingerprint density at radius 3 is 2.39 bits per heavy atom. The number of benzene rings is 1. The molecule has 18 heavy (non-hydrogen) atoms. The normalized spacial score (nSPS) is 12.7. The summed E-state index contributed by atoms with van der Waals surface area (Å²) in [5, 5.41) is 8.49. The number of aliphatic carboxylic acids is 1. The Morgan fingerprint density at radius 2 is 1.94 bits per heavy atom. The topological polar surface area (TPSA) is 63.3 Å². The van der Waals surface area contributed by atoms with Crippen molar-refractivity contribution in [3.05, 3.63) is 35.1 Å². The first-order valence-electron chi connectivity index (χ1n) is 4.56. The summed E-state index contributed by atoms with van der Waals surface area (Å²) in [4.78, 5) is 10.4. The average Bonchev–Trinajstić information content (AvgIpc) is 2.19. The van der Waals surface area contributed by atoms with Gasteiger partial charge in [0, 0.05) is 6.42 Å². The van der Waals surface area contributed by atoms with E-state index in [2.05, 4.69) is 0 Å². The Balaban J connectivity index is 0.00000289. The monoisotopic (exact) mass is 287 g/mol. The summed E-state index contributed by atoms with van der Waals surface area (Å²) in [7, 11) is 0. The molecule has 1 rings (SSSR count). The SMILES string of the molecule is Cl.NC(Cc1cccc(C(F)(F)F)c1F)C(=O)O. The van der Waals surface area contributed by atoms with Crippen LogP contribution in [0.25, 0.3) is 0 Å². The van der Waals surface area contributed by atoms with Crippen LogP contribution in [0.1, 0.15) is 11.1 Å². The highest BCUT2D eigenvalue weighted by atomic mass is 35.5. The Morgan fingerprint density at radius 1 is 1.39 bits per heavy atom. The number of halogens is 5. The van der Waals surface area contributed by atoms with Gasteiger partial charge in [0.25, 0.3) is 0 Å². The van der Waals surface area contributed by atoms with Crippen molar-refractivity contribution in [2.75, 3.05) is 0 Å². The number of carbonyl (C=O) groups is 1. The van der Waals surface area contributed by atoms with Gasteiger partial charge in [-0.05, 0) is 11.6 Å². The summed E-state index contributed by atoms with van der Waals surface area (Å²) >= 11 is 0. The van der Waals surface area contributed by atoms with E-state index in [-0.39, 0.29) is 18.0 Å². The third kappa shape index (κ3) is 3.85. The molecule has 0 fully saturated rings. The van der Waals surface area contributed by atoms with Crippen LogP contribution in [0.4, 0.5) is 17.6 Å². The summed E-state index contributed by atoms with van der Waals surface area (Å²) in [6.07, 6.45) is -5.31. The quantitative estimate of drug-likeness (QED) is 0.838. The fourth-order valence-corrected chi connectivity index (χ4v) is 1.28. The molecular weight excluding hydrogens is 278 g/mol. The molecule has 0 aliphatic carbocycles. The number of carboxylic acids is 1. The molecule has 0 saturated heterocycles. The maximum atomic E-state index is 13.4. The van der Waals surface area contributed by atoms with Crippen LogP contribution in [-0.2, 0) is 17.4 Å². The van der Waals surface area contributed by atoms with Gasteiger partial charge in [0.15, 0.2) is 0 Å². The van der Waals surface area contributed by atoms with Crippen molar-refractivity contribution in [3.8, 4) is 0 Å². The molecular formula is C10H10ClF4NO2. The minimum absolute atomic E-state index is 0. The van der Waals surface area contributed by atoms with Gasteiger partial charge in [0.1, 0.15) is 11.9 Å². The summed E-state index contributed by atoms with van der Waals surface area (Å²) in [5.74, 6) is -2.88. The highest BCUT2D eigenvalue weighted by molar-refractivity contribution is 5.85. The van der Waals surface area contributed by atoms with E-state index in [0.717, 1.165) is 12.1 Å². The number of carboxylic acid groups (broad SMARTS) is 1. The van der Waals surface area contributed by atoms with Crippen molar-refractivity contribution in [1.29, 1.82) is 0 Å². The number of hydrogen-bond acceptors (Lipinski definition) is 2. The van der Waals surface area contributed by atoms with Gasteiger partial charge in [0.05, 0.1) is 5.56 Å². The molecule has 0 aliphatic rings. The van der Waals surface area contributed by atoms with Gasteiger partial charge in [-0.3, -0.25) is 4.79 Å². The lowest BCUT2D eigenvalue weighted by atomic mass is 10.0. The van der Waals surface area contributed by atoms with Crippen LogP contribution < -0.4 is 5.73 Å². The van der Waals surface area contributed by atoms with Crippen LogP contribution >= 0.6 is 12.4 Å². The molecule has 102 valence electrons. The molecule has 0 aromatic heterocycles. The van der Waals surface area contributed by atoms with Crippen LogP contribution in [0.15, 0.2) is 18.2 Å². The Labute approximate surface area is 106 Å². The van der Waals surface area contributed by atoms with Crippen molar-refractivity contribution in [2.24, 2.45) is 5.73 Å². The molecule has 1 unspecified atom stereocenters. The van der Waals surface area contributed by atoms with Gasteiger partial charge in [-0.25, -0.2) is 4.39 Å². The molecule has 0 spiro atoms. The molecule has 8 heteroatoms. The average molecular weight is 288 g/mol. The largest absolute Gasteiger partial charge is 0.480 e. The highest BCUT2D eigenvalue weighted by Gasteiger charge is 2.35. The zero-order chi connectivity index (χ0) is 13.2. The first-order valence-corrected chi connectivity index (χ1v) is 4.56. The Kier molecular flexibility index (Phi) is 5.56. The molecule has 0 amide bonds. The van der Waals surface area contributed by atoms with E-state index in [1.54, 1.807) is 0 Å². The minimum Gasteiger partial charge on any atom is -0.480 e. The van der Waals surface area contributed by atoms with Gasteiger partial charge >= 0.3 is 12.1 Å². The van der Waals surface area contributed by atoms with Crippen LogP contribution in [-0.4, -0.2) is 17.1 Å². The molecule has 0 saturated carbocycles. The van der Waals surface area contributed by atoms with E-state index in [1.165, 1.54) is 0 Å². The number of hydrogen-bond donors (Lipinski definition) is 2. The lowest BCUT2D eigenvalue weighted by molar-refractivity contribution is -0.140. The highest BCUT2D eigenvalue weighted by Crippen LogP contribution is 2.32. The van der Waals surface area contributed by atoms with E-state index >= 15 is 0 Å². The van der Waals surface area contributed by atoms with Crippen LogP contribution in [0.2, 0.25) is 0 Å². The number of rotatable bonds is 3. The standard InChI is InChI=1S/C10H9F4NO2.ClH/c11-8-5(4-7(15)9(16)17)2-1-3-6(8)10(12,13)14;/h1-3,7H,4,15H2,(H,16,17);1H. The van der Waals surface area contributed by atoms with Gasteiger partial charge < -0.3 is 10.8 Å². The van der Waals surface area contributed by atoms with Gasteiger partial charge in [-0.15, -0.1) is 12.4 Å². The minimum atomic E-state index is -4.81.